The van der Waals surface area contributed by atoms with Gasteiger partial charge in [0.15, 0.2) is 0 Å². The molecule has 1 aliphatic rings. The van der Waals surface area contributed by atoms with Crippen LogP contribution < -0.4 is 9.30 Å². The molecule has 0 aliphatic heterocycles. The number of benzene rings is 7. The van der Waals surface area contributed by atoms with E-state index in [0.29, 0.717) is 11.5 Å². The van der Waals surface area contributed by atoms with Crippen LogP contribution in [0.3, 0.4) is 0 Å². The van der Waals surface area contributed by atoms with E-state index in [9.17, 15) is 0 Å². The summed E-state index contributed by atoms with van der Waals surface area (Å²) in [4.78, 5) is 4.93. The topological polar surface area (TPSA) is 44.1 Å². The summed E-state index contributed by atoms with van der Waals surface area (Å²) in [6.45, 7) is 16.1. The van der Waals surface area contributed by atoms with Crippen molar-refractivity contribution in [1.29, 1.82) is 0 Å². The molecular weight excluding hydrogens is 990 g/mol. The van der Waals surface area contributed by atoms with Gasteiger partial charge in [-0.2, -0.15) is 12.1 Å². The molecule has 0 amide bonds. The van der Waals surface area contributed by atoms with Gasteiger partial charge in [0, 0.05) is 49.7 Å². The smallest absolute Gasteiger partial charge is 0.268 e. The molecule has 330 valence electrons. The predicted molar refractivity (Wildman–Crippen MR) is 263 cm³/mol. The molecule has 0 saturated carbocycles. The predicted octanol–water partition coefficient (Wildman–Crippen LogP) is 15.0. The van der Waals surface area contributed by atoms with E-state index >= 15 is 0 Å². The number of hydrogen-bond acceptors (Lipinski definition) is 3. The Labute approximate surface area is 402 Å². The first kappa shape index (κ1) is 43.3. The number of rotatable bonds is 7. The Morgan fingerprint density at radius 3 is 2.03 bits per heavy atom. The molecule has 6 heteroatoms. The van der Waals surface area contributed by atoms with Crippen molar-refractivity contribution in [2.24, 2.45) is 0 Å². The summed E-state index contributed by atoms with van der Waals surface area (Å²) in [5.41, 5.74) is 15.4. The minimum Gasteiger partial charge on any atom is -0.503 e. The summed E-state index contributed by atoms with van der Waals surface area (Å²) in [5.74, 6) is 1.12. The zero-order valence-corrected chi connectivity index (χ0v) is 40.7. The minimum atomic E-state index is -0.0760. The Kier molecular flexibility index (Phi) is 10.8. The largest absolute Gasteiger partial charge is 0.503 e. The summed E-state index contributed by atoms with van der Waals surface area (Å²) < 4.78 is 18.2. The van der Waals surface area contributed by atoms with Crippen LogP contribution in [0.25, 0.3) is 77.9 Å². The monoisotopic (exact) mass is 1040 g/mol. The molecule has 11 rings (SSSR count). The number of pyridine rings is 1. The maximum absolute atomic E-state index is 7.08. The van der Waals surface area contributed by atoms with Crippen LogP contribution in [0.1, 0.15) is 78.0 Å². The van der Waals surface area contributed by atoms with Gasteiger partial charge in [-0.3, -0.25) is 4.57 Å². The number of nitrogens with zero attached hydrogens (tertiary/aromatic N) is 3. The Bertz CT molecular complexity index is 3390. The molecule has 0 fully saturated rings. The fourth-order valence-electron chi connectivity index (χ4n) is 9.88. The molecule has 0 spiro atoms. The maximum Gasteiger partial charge on any atom is 0.268 e. The van der Waals surface area contributed by atoms with E-state index in [4.69, 9.17) is 14.1 Å². The third-order valence-corrected chi connectivity index (χ3v) is 13.5. The molecule has 5 nitrogen and oxygen atoms in total. The van der Waals surface area contributed by atoms with Crippen LogP contribution in [-0.2, 0) is 37.3 Å². The molecule has 3 aromatic heterocycles. The fourth-order valence-corrected chi connectivity index (χ4v) is 9.88. The van der Waals surface area contributed by atoms with E-state index in [1.165, 1.54) is 16.7 Å². The van der Waals surface area contributed by atoms with Crippen LogP contribution in [0, 0.1) is 18.5 Å². The summed E-state index contributed by atoms with van der Waals surface area (Å²) in [6, 6.07) is 60.3. The summed E-state index contributed by atoms with van der Waals surface area (Å²) in [5, 5.41) is 2.04. The second kappa shape index (κ2) is 16.4. The van der Waals surface area contributed by atoms with Gasteiger partial charge < -0.3 is 18.7 Å². The molecule has 1 aliphatic carbocycles. The van der Waals surface area contributed by atoms with E-state index in [-0.39, 0.29) is 37.3 Å². The van der Waals surface area contributed by atoms with E-state index in [1.54, 1.807) is 0 Å². The van der Waals surface area contributed by atoms with Crippen LogP contribution in [-0.4, -0.2) is 9.55 Å². The number of aromatic nitrogens is 3. The Hall–Kier alpha value is -6.55. The standard InChI is InChI=1S/C60H51N3O2.Pt/c1-58(2,3)41-30-33-61-51(34-41)49-37-44(36-48-47-28-29-50-54(57(47)65-56(48)49)60(6,7)32-31-59(50,4)5)64-43-23-16-22-42(35-43)62-38-63(53-27-15-14-26-52(53)62)55-45(39-18-10-8-11-19-39)24-17-25-46(55)40-20-12-9-13-21-40;/h8-30,33-34,36H,31-32H2,1-7H3;/q-2;. The Morgan fingerprint density at radius 2 is 1.32 bits per heavy atom. The third kappa shape index (κ3) is 7.48. The number of ether oxygens (including phenoxy) is 1. The second-order valence-corrected chi connectivity index (χ2v) is 19.9. The van der Waals surface area contributed by atoms with Gasteiger partial charge in [0.25, 0.3) is 6.33 Å². The van der Waals surface area contributed by atoms with Gasteiger partial charge in [-0.05, 0) is 79.9 Å². The van der Waals surface area contributed by atoms with Crippen molar-refractivity contribution in [3.63, 3.8) is 0 Å². The fraction of sp³-hybridized carbons (Fsp3) is 0.200. The number of furan rings is 1. The van der Waals surface area contributed by atoms with Crippen LogP contribution in [0.15, 0.2) is 162 Å². The zero-order chi connectivity index (χ0) is 44.7. The van der Waals surface area contributed by atoms with Gasteiger partial charge in [0.2, 0.25) is 0 Å². The first-order valence-electron chi connectivity index (χ1n) is 22.7. The van der Waals surface area contributed by atoms with Crippen molar-refractivity contribution in [2.45, 2.75) is 77.6 Å². The molecule has 10 aromatic rings. The van der Waals surface area contributed by atoms with E-state index in [2.05, 4.69) is 216 Å². The minimum absolute atomic E-state index is 0. The van der Waals surface area contributed by atoms with E-state index in [1.807, 2.05) is 18.3 Å². The summed E-state index contributed by atoms with van der Waals surface area (Å²) >= 11 is 0. The Balaban J connectivity index is 0.00000511. The molecular formula is C60H51N3O2Pt-2. The molecule has 0 unspecified atom stereocenters. The van der Waals surface area contributed by atoms with Gasteiger partial charge in [0.05, 0.1) is 22.3 Å². The van der Waals surface area contributed by atoms with Crippen LogP contribution in [0.2, 0.25) is 0 Å². The van der Waals surface area contributed by atoms with Crippen molar-refractivity contribution in [1.82, 2.24) is 9.55 Å². The molecule has 0 atom stereocenters. The SMILES string of the molecule is CC(C)(C)c1ccnc(-c2[c-]c(Oc3[c-]c(-[n+]4[c-]n(-c5c(-c6ccccc6)cccc5-c5ccccc5)c5ccccc54)ccc3)cc3c2oc2c4c(ccc23)C(C)(C)CCC4(C)C)c1.[Pt]. The van der Waals surface area contributed by atoms with Crippen LogP contribution in [0.5, 0.6) is 11.5 Å². The van der Waals surface area contributed by atoms with Crippen LogP contribution >= 0.6 is 0 Å². The first-order valence-corrected chi connectivity index (χ1v) is 22.7. The second-order valence-electron chi connectivity index (χ2n) is 19.9. The maximum atomic E-state index is 7.08. The van der Waals surface area contributed by atoms with Crippen molar-refractivity contribution < 1.29 is 34.8 Å². The van der Waals surface area contributed by atoms with Gasteiger partial charge in [-0.25, -0.2) is 0 Å². The van der Waals surface area contributed by atoms with Crippen LogP contribution in [0.4, 0.5) is 0 Å². The quantitative estimate of drug-likeness (QED) is 0.118. The van der Waals surface area contributed by atoms with Gasteiger partial charge >= 0.3 is 0 Å². The van der Waals surface area contributed by atoms with Crippen molar-refractivity contribution in [2.75, 3.05) is 0 Å². The average Bonchev–Trinajstić information content (AvgIpc) is 3.89. The van der Waals surface area contributed by atoms with Gasteiger partial charge in [-0.15, -0.1) is 12.1 Å². The van der Waals surface area contributed by atoms with E-state index in [0.717, 1.165) is 90.7 Å². The zero-order valence-electron chi connectivity index (χ0n) is 38.4. The van der Waals surface area contributed by atoms with Gasteiger partial charge in [-0.1, -0.05) is 193 Å². The number of para-hydroxylation sites is 3. The van der Waals surface area contributed by atoms with Crippen molar-refractivity contribution in [3.05, 3.63) is 193 Å². The van der Waals surface area contributed by atoms with Gasteiger partial charge in [0.1, 0.15) is 5.58 Å². The molecule has 0 saturated heterocycles. The summed E-state index contributed by atoms with van der Waals surface area (Å²) in [7, 11) is 0. The normalized spacial score (nSPS) is 14.3. The van der Waals surface area contributed by atoms with Crippen molar-refractivity contribution >= 4 is 33.0 Å². The Morgan fingerprint density at radius 1 is 0.652 bits per heavy atom. The van der Waals surface area contributed by atoms with Crippen molar-refractivity contribution in [3.8, 4) is 56.4 Å². The molecule has 3 heterocycles. The summed E-state index contributed by atoms with van der Waals surface area (Å²) in [6.07, 6.45) is 7.88. The number of imidazole rings is 1. The first-order chi connectivity index (χ1) is 31.3. The number of fused-ring (bicyclic) bond motifs is 6. The molecule has 0 bridgehead atoms. The van der Waals surface area contributed by atoms with E-state index < -0.39 is 0 Å². The average molecular weight is 1040 g/mol. The third-order valence-electron chi connectivity index (χ3n) is 13.5. The molecule has 7 aromatic carbocycles. The number of hydrogen-bond donors (Lipinski definition) is 0. The molecule has 0 N–H and O–H groups in total. The molecule has 0 radical (unpaired) electrons. The molecule has 66 heavy (non-hydrogen) atoms.